The van der Waals surface area contributed by atoms with E-state index < -0.39 is 0 Å². The van der Waals surface area contributed by atoms with Crippen LogP contribution in [0.4, 0.5) is 0 Å². The number of rotatable bonds is 3. The van der Waals surface area contributed by atoms with Crippen molar-refractivity contribution in [2.24, 2.45) is 10.9 Å². The Bertz CT molecular complexity index is 145. The van der Waals surface area contributed by atoms with Crippen LogP contribution in [0.15, 0.2) is 16.6 Å². The van der Waals surface area contributed by atoms with Crippen molar-refractivity contribution >= 4 is 6.21 Å². The van der Waals surface area contributed by atoms with E-state index in [9.17, 15) is 0 Å². The van der Waals surface area contributed by atoms with Gasteiger partial charge in [-0.2, -0.15) is 0 Å². The zero-order valence-corrected chi connectivity index (χ0v) is 6.09. The van der Waals surface area contributed by atoms with Gasteiger partial charge in [0, 0.05) is 18.7 Å². The van der Waals surface area contributed by atoms with E-state index in [1.165, 1.54) is 6.42 Å². The van der Waals surface area contributed by atoms with E-state index in [2.05, 4.69) is 24.9 Å². The Morgan fingerprint density at radius 1 is 1.67 bits per heavy atom. The fourth-order valence-electron chi connectivity index (χ4n) is 0.894. The molecule has 0 spiro atoms. The van der Waals surface area contributed by atoms with E-state index in [0.29, 0.717) is 5.92 Å². The Morgan fingerprint density at radius 2 is 2.44 bits per heavy atom. The Hall–Kier alpha value is -0.590. The Kier molecular flexibility index (Phi) is 2.04. The number of hydrogen-bond donors (Lipinski definition) is 0. The van der Waals surface area contributed by atoms with E-state index >= 15 is 0 Å². The first-order valence-electron chi connectivity index (χ1n) is 3.59. The molecule has 0 N–H and O–H groups in total. The normalized spacial score (nSPS) is 24.7. The molecule has 0 aromatic heterocycles. The molecule has 0 fully saturated rings. The summed E-state index contributed by atoms with van der Waals surface area (Å²) < 4.78 is 0. The highest BCUT2D eigenvalue weighted by Gasteiger charge is 2.19. The van der Waals surface area contributed by atoms with E-state index in [0.717, 1.165) is 6.54 Å². The van der Waals surface area contributed by atoms with Gasteiger partial charge in [0.15, 0.2) is 0 Å². The summed E-state index contributed by atoms with van der Waals surface area (Å²) in [7, 11) is 0. The van der Waals surface area contributed by atoms with Crippen LogP contribution < -0.4 is 0 Å². The molecule has 9 heavy (non-hydrogen) atoms. The number of nitrogens with zero attached hydrogens (tertiary/aromatic N) is 1. The van der Waals surface area contributed by atoms with Gasteiger partial charge in [0.25, 0.3) is 0 Å². The molecule has 0 saturated heterocycles. The lowest BCUT2D eigenvalue weighted by molar-refractivity contribution is 1.07. The molecule has 0 aliphatic heterocycles. The molecule has 0 aromatic carbocycles. The van der Waals surface area contributed by atoms with Gasteiger partial charge in [0.1, 0.15) is 0 Å². The second-order valence-corrected chi connectivity index (χ2v) is 2.27. The molecule has 0 aromatic rings. The van der Waals surface area contributed by atoms with Gasteiger partial charge in [-0.25, -0.2) is 0 Å². The molecule has 50 valence electrons. The largest absolute Gasteiger partial charge is 0.297 e. The van der Waals surface area contributed by atoms with Crippen LogP contribution in [-0.2, 0) is 0 Å². The van der Waals surface area contributed by atoms with Crippen LogP contribution in [0, 0.1) is 5.92 Å². The fraction of sp³-hybridized carbons (Fsp3) is 0.625. The molecular formula is C8H13N. The van der Waals surface area contributed by atoms with Gasteiger partial charge in [0.2, 0.25) is 0 Å². The molecule has 0 bridgehead atoms. The van der Waals surface area contributed by atoms with Crippen molar-refractivity contribution in [2.45, 2.75) is 20.3 Å². The first-order chi connectivity index (χ1) is 4.38. The smallest absolute Gasteiger partial charge is 0.0357 e. The fourth-order valence-corrected chi connectivity index (χ4v) is 0.894. The Labute approximate surface area is 56.5 Å². The standard InChI is InChI=1S/C8H13N/c1-3-7-5-8(7)6-9-4-2/h5-6,8H,3-4H2,1-2H3. The van der Waals surface area contributed by atoms with Gasteiger partial charge in [0.05, 0.1) is 0 Å². The van der Waals surface area contributed by atoms with Crippen LogP contribution in [-0.4, -0.2) is 12.8 Å². The molecule has 0 heterocycles. The monoisotopic (exact) mass is 123 g/mol. The molecule has 1 unspecified atom stereocenters. The van der Waals surface area contributed by atoms with Crippen LogP contribution in [0.1, 0.15) is 20.3 Å². The minimum Gasteiger partial charge on any atom is -0.297 e. The quantitative estimate of drug-likeness (QED) is 0.402. The van der Waals surface area contributed by atoms with Gasteiger partial charge in [-0.15, -0.1) is 0 Å². The van der Waals surface area contributed by atoms with Gasteiger partial charge < -0.3 is 0 Å². The molecule has 1 heteroatoms. The minimum absolute atomic E-state index is 0.634. The summed E-state index contributed by atoms with van der Waals surface area (Å²) in [6.07, 6.45) is 5.50. The van der Waals surface area contributed by atoms with E-state index in [4.69, 9.17) is 0 Å². The van der Waals surface area contributed by atoms with Crippen molar-refractivity contribution in [2.75, 3.05) is 6.54 Å². The highest BCUT2D eigenvalue weighted by atomic mass is 14.7. The van der Waals surface area contributed by atoms with Crippen molar-refractivity contribution < 1.29 is 0 Å². The summed E-state index contributed by atoms with van der Waals surface area (Å²) >= 11 is 0. The third kappa shape index (κ3) is 1.67. The van der Waals surface area contributed by atoms with Gasteiger partial charge in [-0.05, 0) is 13.3 Å². The second-order valence-electron chi connectivity index (χ2n) is 2.27. The molecule has 1 atom stereocenters. The average Bonchev–Trinajstić information content (AvgIpc) is 2.62. The third-order valence-corrected chi connectivity index (χ3v) is 1.57. The molecule has 0 amide bonds. The summed E-state index contributed by atoms with van der Waals surface area (Å²) in [5.74, 6) is 0.634. The van der Waals surface area contributed by atoms with Crippen LogP contribution >= 0.6 is 0 Å². The van der Waals surface area contributed by atoms with Gasteiger partial charge in [-0.1, -0.05) is 18.6 Å². The Balaban J connectivity index is 2.15. The maximum atomic E-state index is 4.15. The lowest BCUT2D eigenvalue weighted by Crippen LogP contribution is -1.82. The molecule has 1 nitrogen and oxygen atoms in total. The van der Waals surface area contributed by atoms with E-state index in [-0.39, 0.29) is 0 Å². The van der Waals surface area contributed by atoms with Crippen molar-refractivity contribution in [3.05, 3.63) is 11.6 Å². The van der Waals surface area contributed by atoms with Crippen LogP contribution in [0.5, 0.6) is 0 Å². The highest BCUT2D eigenvalue weighted by Crippen LogP contribution is 2.29. The number of hydrogen-bond acceptors (Lipinski definition) is 1. The molecular weight excluding hydrogens is 110 g/mol. The zero-order valence-electron chi connectivity index (χ0n) is 6.09. The summed E-state index contributed by atoms with van der Waals surface area (Å²) in [5, 5.41) is 0. The summed E-state index contributed by atoms with van der Waals surface area (Å²) in [4.78, 5) is 4.15. The topological polar surface area (TPSA) is 12.4 Å². The average molecular weight is 123 g/mol. The minimum atomic E-state index is 0.634. The first kappa shape index (κ1) is 6.53. The van der Waals surface area contributed by atoms with Crippen molar-refractivity contribution in [3.8, 4) is 0 Å². The van der Waals surface area contributed by atoms with Crippen LogP contribution in [0.2, 0.25) is 0 Å². The predicted molar refractivity (Wildman–Crippen MR) is 40.9 cm³/mol. The second kappa shape index (κ2) is 2.81. The van der Waals surface area contributed by atoms with Crippen LogP contribution in [0.25, 0.3) is 0 Å². The maximum absolute atomic E-state index is 4.15. The van der Waals surface area contributed by atoms with Gasteiger partial charge >= 0.3 is 0 Å². The number of aliphatic imine (C=N–C) groups is 1. The third-order valence-electron chi connectivity index (χ3n) is 1.57. The summed E-state index contributed by atoms with van der Waals surface area (Å²) in [5.41, 5.74) is 1.55. The van der Waals surface area contributed by atoms with Crippen molar-refractivity contribution in [1.29, 1.82) is 0 Å². The summed E-state index contributed by atoms with van der Waals surface area (Å²) in [6, 6.07) is 0. The van der Waals surface area contributed by atoms with Gasteiger partial charge in [-0.3, -0.25) is 4.99 Å². The number of allylic oxidation sites excluding steroid dienone is 2. The predicted octanol–water partition coefficient (Wildman–Crippen LogP) is 2.04. The molecule has 0 saturated carbocycles. The summed E-state index contributed by atoms with van der Waals surface area (Å²) in [6.45, 7) is 5.16. The first-order valence-corrected chi connectivity index (χ1v) is 3.59. The molecule has 1 aliphatic rings. The highest BCUT2D eigenvalue weighted by molar-refractivity contribution is 5.74. The molecule has 1 rings (SSSR count). The van der Waals surface area contributed by atoms with Crippen molar-refractivity contribution in [1.82, 2.24) is 0 Å². The van der Waals surface area contributed by atoms with Crippen molar-refractivity contribution in [3.63, 3.8) is 0 Å². The van der Waals surface area contributed by atoms with Crippen LogP contribution in [0.3, 0.4) is 0 Å². The zero-order chi connectivity index (χ0) is 6.69. The maximum Gasteiger partial charge on any atom is 0.0357 e. The molecule has 0 radical (unpaired) electrons. The lowest BCUT2D eigenvalue weighted by Gasteiger charge is -1.85. The Morgan fingerprint density at radius 3 is 2.89 bits per heavy atom. The van der Waals surface area contributed by atoms with E-state index in [1.54, 1.807) is 5.57 Å². The SMILES string of the molecule is CCN=CC1C=C1CC. The molecule has 1 aliphatic carbocycles. The lowest BCUT2D eigenvalue weighted by atomic mass is 10.3. The van der Waals surface area contributed by atoms with E-state index in [1.807, 2.05) is 6.21 Å².